The van der Waals surface area contributed by atoms with Gasteiger partial charge in [0.25, 0.3) is 23.6 Å². The lowest BCUT2D eigenvalue weighted by atomic mass is 9.90. The normalized spacial score (nSPS) is 17.4. The maximum atomic E-state index is 13.0. The molecule has 2 aliphatic rings. The number of benzene rings is 2. The van der Waals surface area contributed by atoms with Crippen LogP contribution in [0.15, 0.2) is 48.5 Å². The van der Waals surface area contributed by atoms with Gasteiger partial charge in [0.2, 0.25) is 0 Å². The van der Waals surface area contributed by atoms with Crippen molar-refractivity contribution in [3.63, 3.8) is 0 Å². The molecule has 0 saturated carbocycles. The molecule has 174 valence electrons. The minimum absolute atomic E-state index is 0.0785. The van der Waals surface area contributed by atoms with Crippen LogP contribution in [-0.4, -0.2) is 69.2 Å². The minimum atomic E-state index is -1.88. The standard InChI is InChI=1S/C24H20N2O8/c1-24(23(33)34-2,26-20(29)15-9-5-6-10-16(15)21(26)30)12-11-17(22(31)32)25-18(27)13-7-3-4-8-14(13)19(25)28/h3-10,17H,11-12H2,1-2H3,(H,31,32). The van der Waals surface area contributed by atoms with Crippen LogP contribution in [0.4, 0.5) is 0 Å². The van der Waals surface area contributed by atoms with Crippen molar-refractivity contribution in [3.05, 3.63) is 70.8 Å². The van der Waals surface area contributed by atoms with Gasteiger partial charge in [-0.15, -0.1) is 0 Å². The van der Waals surface area contributed by atoms with E-state index < -0.39 is 53.6 Å². The van der Waals surface area contributed by atoms with Crippen molar-refractivity contribution in [2.45, 2.75) is 31.3 Å². The number of aliphatic carboxylic acids is 1. The quantitative estimate of drug-likeness (QED) is 0.483. The second-order valence-electron chi connectivity index (χ2n) is 8.18. The smallest absolute Gasteiger partial charge is 0.332 e. The Labute approximate surface area is 193 Å². The summed E-state index contributed by atoms with van der Waals surface area (Å²) in [5.41, 5.74) is -1.51. The molecular formula is C24H20N2O8. The highest BCUT2D eigenvalue weighted by molar-refractivity contribution is 6.24. The summed E-state index contributed by atoms with van der Waals surface area (Å²) in [6, 6.07) is 10.4. The maximum Gasteiger partial charge on any atom is 0.332 e. The number of carbonyl (C=O) groups excluding carboxylic acids is 5. The molecule has 4 amide bonds. The number of amides is 4. The molecule has 34 heavy (non-hydrogen) atoms. The van der Waals surface area contributed by atoms with E-state index in [0.717, 1.165) is 12.0 Å². The Morgan fingerprint density at radius 1 is 0.853 bits per heavy atom. The maximum absolute atomic E-state index is 13.0. The first-order chi connectivity index (χ1) is 16.1. The highest BCUT2D eigenvalue weighted by Gasteiger charge is 2.52. The topological polar surface area (TPSA) is 138 Å². The fourth-order valence-electron chi connectivity index (χ4n) is 4.43. The predicted molar refractivity (Wildman–Crippen MR) is 115 cm³/mol. The van der Waals surface area contributed by atoms with Crippen LogP contribution in [0, 0.1) is 0 Å². The fraction of sp³-hybridized carbons (Fsp3) is 0.250. The highest BCUT2D eigenvalue weighted by Crippen LogP contribution is 2.35. The Morgan fingerprint density at radius 3 is 1.65 bits per heavy atom. The average Bonchev–Trinajstić information content (AvgIpc) is 3.24. The molecule has 2 atom stereocenters. The van der Waals surface area contributed by atoms with E-state index >= 15 is 0 Å². The number of carbonyl (C=O) groups is 6. The summed E-state index contributed by atoms with van der Waals surface area (Å²) in [4.78, 5) is 78.0. The summed E-state index contributed by atoms with van der Waals surface area (Å²) in [5, 5.41) is 9.84. The zero-order valence-corrected chi connectivity index (χ0v) is 18.3. The molecule has 0 bridgehead atoms. The molecule has 2 unspecified atom stereocenters. The molecule has 2 heterocycles. The number of carboxylic acid groups (broad SMARTS) is 1. The number of ether oxygens (including phenoxy) is 1. The zero-order valence-electron chi connectivity index (χ0n) is 18.3. The molecule has 1 N–H and O–H groups in total. The number of hydrogen-bond acceptors (Lipinski definition) is 7. The van der Waals surface area contributed by atoms with E-state index in [4.69, 9.17) is 4.74 Å². The molecule has 0 radical (unpaired) electrons. The van der Waals surface area contributed by atoms with Crippen LogP contribution >= 0.6 is 0 Å². The lowest BCUT2D eigenvalue weighted by Crippen LogP contribution is -2.56. The molecule has 10 nitrogen and oxygen atoms in total. The molecular weight excluding hydrogens is 444 g/mol. The van der Waals surface area contributed by atoms with Crippen LogP contribution in [0.5, 0.6) is 0 Å². The van der Waals surface area contributed by atoms with Crippen molar-refractivity contribution < 1.29 is 38.6 Å². The Kier molecular flexibility index (Phi) is 5.52. The molecule has 2 aromatic rings. The lowest BCUT2D eigenvalue weighted by molar-refractivity contribution is -0.152. The van der Waals surface area contributed by atoms with E-state index in [9.17, 15) is 33.9 Å². The third kappa shape index (κ3) is 3.26. The van der Waals surface area contributed by atoms with E-state index in [1.54, 1.807) is 24.3 Å². The number of carboxylic acids is 1. The molecule has 0 saturated heterocycles. The SMILES string of the molecule is COC(=O)C(C)(CCC(C(=O)O)N1C(=O)c2ccccc2C1=O)N1C(=O)c2ccccc2C1=O. The van der Waals surface area contributed by atoms with Gasteiger partial charge in [-0.1, -0.05) is 24.3 Å². The first kappa shape index (κ1) is 22.8. The number of hydrogen-bond donors (Lipinski definition) is 1. The van der Waals surface area contributed by atoms with Gasteiger partial charge in [0, 0.05) is 0 Å². The number of esters is 1. The monoisotopic (exact) mass is 464 g/mol. The van der Waals surface area contributed by atoms with Gasteiger partial charge in [0.1, 0.15) is 11.6 Å². The second kappa shape index (κ2) is 8.22. The molecule has 0 spiro atoms. The van der Waals surface area contributed by atoms with Crippen LogP contribution < -0.4 is 0 Å². The fourth-order valence-corrected chi connectivity index (χ4v) is 4.43. The number of nitrogens with zero attached hydrogens (tertiary/aromatic N) is 2. The molecule has 2 aromatic carbocycles. The van der Waals surface area contributed by atoms with E-state index in [1.165, 1.54) is 31.2 Å². The van der Waals surface area contributed by atoms with Crippen LogP contribution in [0.1, 0.15) is 61.2 Å². The Morgan fingerprint density at radius 2 is 1.26 bits per heavy atom. The van der Waals surface area contributed by atoms with Gasteiger partial charge in [-0.3, -0.25) is 29.0 Å². The first-order valence-electron chi connectivity index (χ1n) is 10.4. The van der Waals surface area contributed by atoms with Crippen molar-refractivity contribution in [3.8, 4) is 0 Å². The van der Waals surface area contributed by atoms with Gasteiger partial charge in [0.05, 0.1) is 29.4 Å². The summed E-state index contributed by atoms with van der Waals surface area (Å²) >= 11 is 0. The largest absolute Gasteiger partial charge is 0.480 e. The zero-order chi connectivity index (χ0) is 24.8. The van der Waals surface area contributed by atoms with Crippen molar-refractivity contribution in [2.24, 2.45) is 0 Å². The Hall–Kier alpha value is -4.34. The molecule has 0 aliphatic carbocycles. The average molecular weight is 464 g/mol. The van der Waals surface area contributed by atoms with Gasteiger partial charge in [-0.25, -0.2) is 9.59 Å². The minimum Gasteiger partial charge on any atom is -0.480 e. The third-order valence-corrected chi connectivity index (χ3v) is 6.24. The van der Waals surface area contributed by atoms with Gasteiger partial charge < -0.3 is 9.84 Å². The van der Waals surface area contributed by atoms with Crippen LogP contribution in [0.2, 0.25) is 0 Å². The summed E-state index contributed by atoms with van der Waals surface area (Å²) in [6.07, 6.45) is -0.769. The number of rotatable bonds is 7. The molecule has 0 fully saturated rings. The van der Waals surface area contributed by atoms with Crippen LogP contribution in [-0.2, 0) is 14.3 Å². The molecule has 0 aromatic heterocycles. The predicted octanol–water partition coefficient (Wildman–Crippen LogP) is 1.74. The van der Waals surface area contributed by atoms with Gasteiger partial charge in [0.15, 0.2) is 0 Å². The third-order valence-electron chi connectivity index (χ3n) is 6.24. The summed E-state index contributed by atoms with van der Waals surface area (Å²) in [6.45, 7) is 1.29. The van der Waals surface area contributed by atoms with E-state index in [1.807, 2.05) is 0 Å². The number of imide groups is 2. The van der Waals surface area contributed by atoms with Gasteiger partial charge >= 0.3 is 11.9 Å². The Bertz CT molecular complexity index is 1200. The van der Waals surface area contributed by atoms with E-state index in [-0.39, 0.29) is 28.7 Å². The molecule has 10 heteroatoms. The van der Waals surface area contributed by atoms with Crippen molar-refractivity contribution in [2.75, 3.05) is 7.11 Å². The van der Waals surface area contributed by atoms with Gasteiger partial charge in [-0.2, -0.15) is 0 Å². The highest BCUT2D eigenvalue weighted by atomic mass is 16.5. The van der Waals surface area contributed by atoms with Gasteiger partial charge in [-0.05, 0) is 44.0 Å². The van der Waals surface area contributed by atoms with Crippen LogP contribution in [0.25, 0.3) is 0 Å². The van der Waals surface area contributed by atoms with Crippen LogP contribution in [0.3, 0.4) is 0 Å². The van der Waals surface area contributed by atoms with E-state index in [0.29, 0.717) is 4.90 Å². The molecule has 2 aliphatic heterocycles. The van der Waals surface area contributed by atoms with Crippen molar-refractivity contribution in [1.82, 2.24) is 9.80 Å². The van der Waals surface area contributed by atoms with Crippen molar-refractivity contribution in [1.29, 1.82) is 0 Å². The summed E-state index contributed by atoms with van der Waals surface area (Å²) in [5.74, 6) is -5.39. The number of fused-ring (bicyclic) bond motifs is 2. The molecule has 4 rings (SSSR count). The number of methoxy groups -OCH3 is 1. The van der Waals surface area contributed by atoms with E-state index in [2.05, 4.69) is 0 Å². The second-order valence-corrected chi connectivity index (χ2v) is 8.18. The summed E-state index contributed by atoms with van der Waals surface area (Å²) in [7, 11) is 1.08. The van der Waals surface area contributed by atoms with Crippen molar-refractivity contribution >= 4 is 35.6 Å². The summed E-state index contributed by atoms with van der Waals surface area (Å²) < 4.78 is 4.85. The Balaban J connectivity index is 1.66. The first-order valence-corrected chi connectivity index (χ1v) is 10.4. The lowest BCUT2D eigenvalue weighted by Gasteiger charge is -2.36.